The van der Waals surface area contributed by atoms with Crippen molar-refractivity contribution in [1.29, 1.82) is 0 Å². The number of rotatable bonds is 6. The summed E-state index contributed by atoms with van der Waals surface area (Å²) in [7, 11) is 1.59. The van der Waals surface area contributed by atoms with Gasteiger partial charge in [0, 0.05) is 17.8 Å². The number of fused-ring (bicyclic) bond motifs is 2. The largest absolute Gasteiger partial charge is 0.479 e. The summed E-state index contributed by atoms with van der Waals surface area (Å²) in [6.07, 6.45) is 5.06. The van der Waals surface area contributed by atoms with Crippen LogP contribution in [0.15, 0.2) is 30.5 Å². The van der Waals surface area contributed by atoms with Crippen molar-refractivity contribution < 1.29 is 14.2 Å². The van der Waals surface area contributed by atoms with Gasteiger partial charge in [-0.3, -0.25) is 0 Å². The Hall–Kier alpha value is -3.27. The normalized spacial score (nSPS) is 22.0. The minimum atomic E-state index is -0.593. The molecule has 33 heavy (non-hydrogen) atoms. The van der Waals surface area contributed by atoms with Gasteiger partial charge in [-0.2, -0.15) is 4.98 Å². The maximum Gasteiger partial charge on any atom is 0.244 e. The van der Waals surface area contributed by atoms with Crippen LogP contribution in [0.3, 0.4) is 0 Å². The number of methoxy groups -OCH3 is 1. The van der Waals surface area contributed by atoms with Crippen molar-refractivity contribution in [3.05, 3.63) is 30.5 Å². The van der Waals surface area contributed by atoms with Crippen molar-refractivity contribution in [2.24, 2.45) is 0 Å². The average Bonchev–Trinajstić information content (AvgIpc) is 3.43. The zero-order valence-electron chi connectivity index (χ0n) is 19.0. The third kappa shape index (κ3) is 3.99. The van der Waals surface area contributed by atoms with Crippen LogP contribution in [-0.4, -0.2) is 60.1 Å². The van der Waals surface area contributed by atoms with Gasteiger partial charge in [-0.05, 0) is 63.3 Å². The van der Waals surface area contributed by atoms with Crippen LogP contribution in [0.2, 0.25) is 0 Å². The lowest BCUT2D eigenvalue weighted by molar-refractivity contribution is 0.0195. The van der Waals surface area contributed by atoms with Crippen molar-refractivity contribution in [3.63, 3.8) is 0 Å². The SMILES string of the molecule is COc1nc(NC2CCC(C)(O)CC2)nn2ccc(-c3ccc4nnn([C@@H](C)CF)c4c3)c12. The summed E-state index contributed by atoms with van der Waals surface area (Å²) in [6, 6.07) is 7.56. The Labute approximate surface area is 190 Å². The van der Waals surface area contributed by atoms with Gasteiger partial charge in [0.1, 0.15) is 17.7 Å². The highest BCUT2D eigenvalue weighted by Gasteiger charge is 2.29. The van der Waals surface area contributed by atoms with E-state index >= 15 is 0 Å². The summed E-state index contributed by atoms with van der Waals surface area (Å²) < 4.78 is 22.3. The predicted molar refractivity (Wildman–Crippen MR) is 123 cm³/mol. The highest BCUT2D eigenvalue weighted by Crippen LogP contribution is 2.34. The fourth-order valence-electron chi connectivity index (χ4n) is 4.49. The molecule has 1 saturated carbocycles. The number of nitrogens with zero attached hydrogens (tertiary/aromatic N) is 6. The van der Waals surface area contributed by atoms with Crippen LogP contribution in [0.25, 0.3) is 27.7 Å². The van der Waals surface area contributed by atoms with Crippen LogP contribution in [-0.2, 0) is 0 Å². The summed E-state index contributed by atoms with van der Waals surface area (Å²) in [4.78, 5) is 4.61. The molecule has 1 aromatic carbocycles. The number of anilines is 1. The van der Waals surface area contributed by atoms with Gasteiger partial charge in [0.05, 0.1) is 24.3 Å². The summed E-state index contributed by atoms with van der Waals surface area (Å²) >= 11 is 0. The van der Waals surface area contributed by atoms with Crippen molar-refractivity contribution in [1.82, 2.24) is 29.6 Å². The van der Waals surface area contributed by atoms with Gasteiger partial charge in [0.15, 0.2) is 0 Å². The quantitative estimate of drug-likeness (QED) is 0.458. The molecule has 3 aromatic heterocycles. The monoisotopic (exact) mass is 453 g/mol. The second-order valence-corrected chi connectivity index (χ2v) is 9.12. The molecule has 0 amide bonds. The minimum Gasteiger partial charge on any atom is -0.479 e. The molecule has 10 heteroatoms. The maximum absolute atomic E-state index is 13.3. The molecule has 174 valence electrons. The van der Waals surface area contributed by atoms with E-state index in [2.05, 4.69) is 25.7 Å². The number of aromatic nitrogens is 6. The third-order valence-electron chi connectivity index (χ3n) is 6.49. The lowest BCUT2D eigenvalue weighted by Gasteiger charge is -2.33. The fraction of sp³-hybridized carbons (Fsp3) is 0.478. The summed E-state index contributed by atoms with van der Waals surface area (Å²) in [5.74, 6) is 0.946. The van der Waals surface area contributed by atoms with Gasteiger partial charge < -0.3 is 15.2 Å². The van der Waals surface area contributed by atoms with E-state index in [1.807, 2.05) is 37.4 Å². The molecule has 0 bridgehead atoms. The van der Waals surface area contributed by atoms with E-state index in [9.17, 15) is 9.50 Å². The Balaban J connectivity index is 1.50. The molecule has 2 N–H and O–H groups in total. The van der Waals surface area contributed by atoms with Crippen LogP contribution in [0.1, 0.15) is 45.6 Å². The van der Waals surface area contributed by atoms with E-state index in [0.29, 0.717) is 17.3 Å². The Kier molecular flexibility index (Phi) is 5.40. The lowest BCUT2D eigenvalue weighted by Crippen LogP contribution is -2.36. The first-order valence-corrected chi connectivity index (χ1v) is 11.2. The number of hydrogen-bond donors (Lipinski definition) is 2. The fourth-order valence-corrected chi connectivity index (χ4v) is 4.49. The van der Waals surface area contributed by atoms with Crippen molar-refractivity contribution in [3.8, 4) is 17.0 Å². The molecule has 4 aromatic rings. The molecule has 1 atom stereocenters. The lowest BCUT2D eigenvalue weighted by atomic mass is 9.84. The Bertz CT molecular complexity index is 1290. The van der Waals surface area contributed by atoms with Gasteiger partial charge in [-0.25, -0.2) is 13.6 Å². The van der Waals surface area contributed by atoms with Crippen molar-refractivity contribution in [2.75, 3.05) is 19.1 Å². The van der Waals surface area contributed by atoms with E-state index in [0.717, 1.165) is 47.8 Å². The molecular weight excluding hydrogens is 425 g/mol. The van der Waals surface area contributed by atoms with Crippen LogP contribution >= 0.6 is 0 Å². The van der Waals surface area contributed by atoms with Gasteiger partial charge in [0.2, 0.25) is 11.8 Å². The van der Waals surface area contributed by atoms with Crippen molar-refractivity contribution >= 4 is 22.5 Å². The highest BCUT2D eigenvalue weighted by atomic mass is 19.1. The van der Waals surface area contributed by atoms with Crippen LogP contribution in [0.4, 0.5) is 10.3 Å². The smallest absolute Gasteiger partial charge is 0.244 e. The Morgan fingerprint density at radius 1 is 1.30 bits per heavy atom. The molecule has 3 heterocycles. The molecule has 0 aliphatic heterocycles. The zero-order valence-corrected chi connectivity index (χ0v) is 19.0. The number of hydrogen-bond acceptors (Lipinski definition) is 7. The predicted octanol–water partition coefficient (Wildman–Crippen LogP) is 3.79. The number of aliphatic hydroxyl groups is 1. The Morgan fingerprint density at radius 3 is 2.82 bits per heavy atom. The first kappa shape index (κ1) is 21.6. The van der Waals surface area contributed by atoms with Gasteiger partial charge in [-0.15, -0.1) is 10.2 Å². The summed E-state index contributed by atoms with van der Waals surface area (Å²) in [5.41, 5.74) is 3.44. The van der Waals surface area contributed by atoms with E-state index in [1.165, 1.54) is 0 Å². The second kappa shape index (κ2) is 8.26. The molecule has 5 rings (SSSR count). The molecule has 0 saturated heterocycles. The van der Waals surface area contributed by atoms with Crippen LogP contribution < -0.4 is 10.1 Å². The topological polar surface area (TPSA) is 102 Å². The summed E-state index contributed by atoms with van der Waals surface area (Å²) in [5, 5.41) is 26.5. The summed E-state index contributed by atoms with van der Waals surface area (Å²) in [6.45, 7) is 3.13. The standard InChI is InChI=1S/C23H28FN7O2/c1-14(13-24)31-19-12-15(4-5-18(19)27-29-31)17-8-11-30-20(17)21(33-3)26-22(28-30)25-16-6-9-23(2,32)10-7-16/h4-5,8,11-12,14,16,32H,6-7,9-10,13H2,1-3H3,(H,25,28)/t14-,16?,23?/m0/s1. The van der Waals surface area contributed by atoms with E-state index < -0.39 is 18.3 Å². The number of nitrogens with one attached hydrogen (secondary N) is 1. The van der Waals surface area contributed by atoms with Gasteiger partial charge in [-0.1, -0.05) is 11.3 Å². The molecule has 0 radical (unpaired) electrons. The zero-order chi connectivity index (χ0) is 23.2. The van der Waals surface area contributed by atoms with Crippen LogP contribution in [0.5, 0.6) is 5.88 Å². The molecule has 9 nitrogen and oxygen atoms in total. The molecule has 1 aliphatic carbocycles. The average molecular weight is 454 g/mol. The number of halogens is 1. The number of ether oxygens (including phenoxy) is 1. The van der Waals surface area contributed by atoms with E-state index in [1.54, 1.807) is 23.2 Å². The third-order valence-corrected chi connectivity index (χ3v) is 6.49. The molecule has 1 aliphatic rings. The number of benzene rings is 1. The van der Waals surface area contributed by atoms with E-state index in [4.69, 9.17) is 4.74 Å². The number of alkyl halides is 1. The van der Waals surface area contributed by atoms with Crippen LogP contribution in [0, 0.1) is 0 Å². The molecular formula is C23H28FN7O2. The molecule has 0 unspecified atom stereocenters. The van der Waals surface area contributed by atoms with Gasteiger partial charge >= 0.3 is 0 Å². The van der Waals surface area contributed by atoms with Gasteiger partial charge in [0.25, 0.3) is 0 Å². The molecule has 1 fully saturated rings. The Morgan fingerprint density at radius 2 is 2.09 bits per heavy atom. The maximum atomic E-state index is 13.3. The second-order valence-electron chi connectivity index (χ2n) is 9.12. The first-order valence-electron chi connectivity index (χ1n) is 11.2. The molecule has 0 spiro atoms. The van der Waals surface area contributed by atoms with Crippen molar-refractivity contribution in [2.45, 2.75) is 57.2 Å². The highest BCUT2D eigenvalue weighted by molar-refractivity contribution is 5.89. The van der Waals surface area contributed by atoms with E-state index in [-0.39, 0.29) is 6.04 Å². The minimum absolute atomic E-state index is 0.204. The first-order chi connectivity index (χ1) is 15.9.